The van der Waals surface area contributed by atoms with Crippen LogP contribution in [0.2, 0.25) is 5.02 Å². The van der Waals surface area contributed by atoms with Crippen LogP contribution in [-0.4, -0.2) is 62.1 Å². The van der Waals surface area contributed by atoms with Gasteiger partial charge in [0.25, 0.3) is 5.91 Å². The van der Waals surface area contributed by atoms with Crippen molar-refractivity contribution in [2.24, 2.45) is 0 Å². The van der Waals surface area contributed by atoms with Gasteiger partial charge < -0.3 is 30.2 Å². The first-order valence-electron chi connectivity index (χ1n) is 13.6. The molecule has 0 unspecified atom stereocenters. The summed E-state index contributed by atoms with van der Waals surface area (Å²) in [6, 6.07) is 10.1. The third-order valence-corrected chi connectivity index (χ3v) is 7.38. The second-order valence-electron chi connectivity index (χ2n) is 11.1. The second kappa shape index (κ2) is 10.7. The highest BCUT2D eigenvalue weighted by molar-refractivity contribution is 6.34. The number of rotatable bonds is 4. The van der Waals surface area contributed by atoms with Gasteiger partial charge in [0.15, 0.2) is 17.1 Å². The van der Waals surface area contributed by atoms with E-state index in [1.165, 1.54) is 6.33 Å². The van der Waals surface area contributed by atoms with Crippen LogP contribution in [0.25, 0.3) is 22.3 Å². The van der Waals surface area contributed by atoms with Gasteiger partial charge in [-0.2, -0.15) is 5.10 Å². The van der Waals surface area contributed by atoms with Crippen molar-refractivity contribution in [1.82, 2.24) is 24.6 Å². The number of likely N-dealkylation sites (tertiary alicyclic amines) is 1. The van der Waals surface area contributed by atoms with Crippen LogP contribution < -0.4 is 20.5 Å². The number of anilines is 2. The quantitative estimate of drug-likeness (QED) is 0.323. The number of amides is 2. The molecule has 4 heterocycles. The molecule has 6 rings (SSSR count). The molecule has 0 bridgehead atoms. The molecular formula is C29H30ClN7O5. The molecule has 2 aromatic carbocycles. The third-order valence-electron chi connectivity index (χ3n) is 7.05. The number of nitrogens with one attached hydrogen (secondary N) is 1. The van der Waals surface area contributed by atoms with Gasteiger partial charge in [-0.15, -0.1) is 0 Å². The van der Waals surface area contributed by atoms with Crippen molar-refractivity contribution < 1.29 is 23.8 Å². The summed E-state index contributed by atoms with van der Waals surface area (Å²) in [6.45, 7) is 6.49. The molecule has 0 aliphatic carbocycles. The maximum Gasteiger partial charge on any atom is 0.410 e. The van der Waals surface area contributed by atoms with Crippen LogP contribution in [-0.2, 0) is 4.74 Å². The lowest BCUT2D eigenvalue weighted by atomic mass is 10.1. The number of halogens is 1. The lowest BCUT2D eigenvalue weighted by molar-refractivity contribution is 0.0169. The highest BCUT2D eigenvalue weighted by Gasteiger charge is 2.33. The van der Waals surface area contributed by atoms with Gasteiger partial charge in [-0.3, -0.25) is 4.79 Å². The summed E-state index contributed by atoms with van der Waals surface area (Å²) >= 11 is 6.22. The number of fused-ring (bicyclic) bond motifs is 2. The number of carbonyl (C=O) groups excluding carboxylic acids is 2. The maximum atomic E-state index is 13.0. The molecule has 0 spiro atoms. The fourth-order valence-corrected chi connectivity index (χ4v) is 5.42. The minimum absolute atomic E-state index is 0.0423. The minimum Gasteiger partial charge on any atom is -0.453 e. The Morgan fingerprint density at radius 2 is 1.90 bits per heavy atom. The van der Waals surface area contributed by atoms with Crippen molar-refractivity contribution in [3.63, 3.8) is 0 Å². The van der Waals surface area contributed by atoms with Gasteiger partial charge in [-0.25, -0.2) is 19.4 Å². The van der Waals surface area contributed by atoms with Crippen molar-refractivity contribution >= 4 is 46.1 Å². The van der Waals surface area contributed by atoms with E-state index in [1.54, 1.807) is 46.0 Å². The Balaban J connectivity index is 1.37. The van der Waals surface area contributed by atoms with E-state index in [9.17, 15) is 9.59 Å². The molecule has 12 nitrogen and oxygen atoms in total. The zero-order chi connectivity index (χ0) is 29.6. The highest BCUT2D eigenvalue weighted by Crippen LogP contribution is 2.48. The molecule has 1 saturated heterocycles. The monoisotopic (exact) mass is 591 g/mol. The number of ether oxygens (including phenoxy) is 3. The number of aromatic nitrogens is 4. The van der Waals surface area contributed by atoms with Gasteiger partial charge in [0.05, 0.1) is 27.7 Å². The Labute approximate surface area is 246 Å². The normalized spacial score (nSPS) is 16.5. The standard InChI is InChI=1S/C29H30ClN7O5/c1-29(2,3)42-28(39)36-12-6-7-16(13-36)37-26-21(25(31)32-14-33-26)22(35-37)18-10-11-20(24-23(18)40-15-41-24)34-27(38)17-8-4-5-9-19(17)30/h4-5,8-11,14,16H,6-7,12-13,15H2,1-3H3,(H,34,38)(H2,31,32,33)/t16-/m1/s1. The summed E-state index contributed by atoms with van der Waals surface area (Å²) in [5.74, 6) is 0.635. The number of nitrogens with two attached hydrogens (primary N) is 1. The number of hydrogen-bond acceptors (Lipinski definition) is 9. The summed E-state index contributed by atoms with van der Waals surface area (Å²) in [5.41, 5.74) is 8.17. The fourth-order valence-electron chi connectivity index (χ4n) is 5.20. The van der Waals surface area contributed by atoms with Crippen molar-refractivity contribution in [3.05, 3.63) is 53.3 Å². The molecule has 1 fully saturated rings. The first-order valence-corrected chi connectivity index (χ1v) is 13.9. The van der Waals surface area contributed by atoms with E-state index < -0.39 is 5.60 Å². The SMILES string of the molecule is CC(C)(C)OC(=O)N1CCC[C@@H](n2nc(-c3ccc(NC(=O)c4ccccc4Cl)c4c3OCO4)c3c(N)ncnc32)C1. The van der Waals surface area contributed by atoms with Crippen molar-refractivity contribution in [2.45, 2.75) is 45.3 Å². The summed E-state index contributed by atoms with van der Waals surface area (Å²) in [4.78, 5) is 36.2. The number of piperidine rings is 1. The van der Waals surface area contributed by atoms with Gasteiger partial charge in [0.1, 0.15) is 23.4 Å². The fraction of sp³-hybridized carbons (Fsp3) is 0.345. The van der Waals surface area contributed by atoms with Crippen molar-refractivity contribution in [2.75, 3.05) is 30.9 Å². The van der Waals surface area contributed by atoms with E-state index in [0.717, 1.165) is 12.8 Å². The molecule has 2 aliphatic rings. The first-order chi connectivity index (χ1) is 20.1. The topological polar surface area (TPSA) is 147 Å². The summed E-state index contributed by atoms with van der Waals surface area (Å²) in [6.07, 6.45) is 2.58. The van der Waals surface area contributed by atoms with Gasteiger partial charge in [-0.05, 0) is 57.9 Å². The van der Waals surface area contributed by atoms with Crippen LogP contribution in [0.15, 0.2) is 42.7 Å². The second-order valence-corrected chi connectivity index (χ2v) is 11.5. The van der Waals surface area contributed by atoms with Crippen LogP contribution in [0.1, 0.15) is 50.0 Å². The molecule has 1 atom stereocenters. The van der Waals surface area contributed by atoms with Crippen molar-refractivity contribution in [3.8, 4) is 22.8 Å². The molecule has 3 N–H and O–H groups in total. The van der Waals surface area contributed by atoms with Crippen molar-refractivity contribution in [1.29, 1.82) is 0 Å². The van der Waals surface area contributed by atoms with Crippen LogP contribution in [0, 0.1) is 0 Å². The van der Waals surface area contributed by atoms with Gasteiger partial charge >= 0.3 is 6.09 Å². The van der Waals surface area contributed by atoms with E-state index in [4.69, 9.17) is 36.6 Å². The van der Waals surface area contributed by atoms with E-state index in [0.29, 0.717) is 63.2 Å². The molecule has 2 aromatic heterocycles. The highest BCUT2D eigenvalue weighted by atomic mass is 35.5. The molecule has 2 amide bonds. The van der Waals surface area contributed by atoms with E-state index >= 15 is 0 Å². The van der Waals surface area contributed by atoms with E-state index in [-0.39, 0.29) is 30.7 Å². The number of carbonyl (C=O) groups is 2. The third kappa shape index (κ3) is 5.13. The zero-order valence-corrected chi connectivity index (χ0v) is 24.1. The maximum absolute atomic E-state index is 13.0. The largest absolute Gasteiger partial charge is 0.453 e. The summed E-state index contributed by atoms with van der Waals surface area (Å²) in [7, 11) is 0. The van der Waals surface area contributed by atoms with Crippen LogP contribution >= 0.6 is 11.6 Å². The minimum atomic E-state index is -0.599. The average molecular weight is 592 g/mol. The Hall–Kier alpha value is -4.58. The Morgan fingerprint density at radius 3 is 2.69 bits per heavy atom. The van der Waals surface area contributed by atoms with Crippen LogP contribution in [0.5, 0.6) is 11.5 Å². The lowest BCUT2D eigenvalue weighted by Crippen LogP contribution is -2.43. The number of benzene rings is 2. The smallest absolute Gasteiger partial charge is 0.410 e. The molecule has 2 aliphatic heterocycles. The van der Waals surface area contributed by atoms with E-state index in [1.807, 2.05) is 20.8 Å². The van der Waals surface area contributed by atoms with Crippen LogP contribution in [0.4, 0.5) is 16.3 Å². The zero-order valence-electron chi connectivity index (χ0n) is 23.4. The molecule has 13 heteroatoms. The van der Waals surface area contributed by atoms with Crippen LogP contribution in [0.3, 0.4) is 0 Å². The molecular weight excluding hydrogens is 562 g/mol. The number of nitrogens with zero attached hydrogens (tertiary/aromatic N) is 5. The molecule has 4 aromatic rings. The van der Waals surface area contributed by atoms with Gasteiger partial charge in [0, 0.05) is 18.7 Å². The van der Waals surface area contributed by atoms with E-state index in [2.05, 4.69) is 15.3 Å². The predicted molar refractivity (Wildman–Crippen MR) is 157 cm³/mol. The number of hydrogen-bond donors (Lipinski definition) is 2. The summed E-state index contributed by atoms with van der Waals surface area (Å²) in [5, 5.41) is 8.70. The Bertz CT molecular complexity index is 1700. The lowest BCUT2D eigenvalue weighted by Gasteiger charge is -2.34. The molecule has 42 heavy (non-hydrogen) atoms. The average Bonchev–Trinajstić information content (AvgIpc) is 3.59. The number of nitrogen functional groups attached to an aromatic ring is 1. The Morgan fingerprint density at radius 1 is 1.12 bits per heavy atom. The molecule has 0 saturated carbocycles. The first kappa shape index (κ1) is 27.6. The summed E-state index contributed by atoms with van der Waals surface area (Å²) < 4.78 is 19.1. The predicted octanol–water partition coefficient (Wildman–Crippen LogP) is 5.28. The Kier molecular flexibility index (Phi) is 7.01. The molecule has 0 radical (unpaired) electrons. The molecule has 218 valence electrons. The van der Waals surface area contributed by atoms with Gasteiger partial charge in [0.2, 0.25) is 6.79 Å². The van der Waals surface area contributed by atoms with Gasteiger partial charge in [-0.1, -0.05) is 23.7 Å².